The van der Waals surface area contributed by atoms with Crippen molar-refractivity contribution in [3.8, 4) is 0 Å². The third-order valence-corrected chi connectivity index (χ3v) is 2.77. The smallest absolute Gasteiger partial charge is 0.191 e. The van der Waals surface area contributed by atoms with E-state index in [0.717, 1.165) is 26.1 Å². The maximum Gasteiger partial charge on any atom is 0.191 e. The fourth-order valence-corrected chi connectivity index (χ4v) is 1.95. The highest BCUT2D eigenvalue weighted by molar-refractivity contribution is 14.0. The van der Waals surface area contributed by atoms with Crippen LogP contribution < -0.4 is 5.73 Å². The van der Waals surface area contributed by atoms with Gasteiger partial charge in [0.25, 0.3) is 0 Å². The number of rotatable bonds is 1. The largest absolute Gasteiger partial charge is 0.370 e. The molecule has 0 amide bonds. The van der Waals surface area contributed by atoms with Crippen LogP contribution in [0.3, 0.4) is 0 Å². The van der Waals surface area contributed by atoms with Crippen LogP contribution in [-0.4, -0.2) is 23.9 Å². The molecule has 0 aromatic heterocycles. The Kier molecular flexibility index (Phi) is 5.05. The van der Waals surface area contributed by atoms with Crippen molar-refractivity contribution < 1.29 is 0 Å². The van der Waals surface area contributed by atoms with Crippen molar-refractivity contribution in [2.45, 2.75) is 19.9 Å². The number of halogens is 1. The lowest BCUT2D eigenvalue weighted by Gasteiger charge is -2.29. The second kappa shape index (κ2) is 6.08. The average molecular weight is 331 g/mol. The van der Waals surface area contributed by atoms with Crippen LogP contribution in [0.4, 0.5) is 0 Å². The van der Waals surface area contributed by atoms with Crippen LogP contribution in [0.2, 0.25) is 0 Å². The summed E-state index contributed by atoms with van der Waals surface area (Å²) in [5.41, 5.74) is 8.71. The molecule has 3 nitrogen and oxygen atoms in total. The molecule has 0 fully saturated rings. The summed E-state index contributed by atoms with van der Waals surface area (Å²) in [5.74, 6) is 0.673. The summed E-state index contributed by atoms with van der Waals surface area (Å²) in [6, 6.07) is 8.54. The van der Waals surface area contributed by atoms with Gasteiger partial charge in [-0.1, -0.05) is 24.3 Å². The third-order valence-electron chi connectivity index (χ3n) is 2.77. The van der Waals surface area contributed by atoms with E-state index in [1.165, 1.54) is 11.1 Å². The van der Waals surface area contributed by atoms with Crippen LogP contribution in [0.5, 0.6) is 0 Å². The molecule has 0 aliphatic carbocycles. The van der Waals surface area contributed by atoms with E-state index in [1.54, 1.807) is 0 Å². The van der Waals surface area contributed by atoms with E-state index in [-0.39, 0.29) is 24.0 Å². The Hall–Kier alpha value is -0.780. The SMILES string of the molecule is CCN=C(N)N1CCc2ccccc2C1.I. The lowest BCUT2D eigenvalue weighted by atomic mass is 10.0. The molecular weight excluding hydrogens is 313 g/mol. The molecule has 0 bridgehead atoms. The summed E-state index contributed by atoms with van der Waals surface area (Å²) < 4.78 is 0. The molecule has 1 aliphatic rings. The first-order chi connectivity index (χ1) is 7.31. The Balaban J connectivity index is 0.00000128. The lowest BCUT2D eigenvalue weighted by Crippen LogP contribution is -2.40. The zero-order valence-electron chi connectivity index (χ0n) is 9.52. The minimum atomic E-state index is 0. The summed E-state index contributed by atoms with van der Waals surface area (Å²) in [4.78, 5) is 6.39. The Bertz CT molecular complexity index is 376. The predicted octanol–water partition coefficient (Wildman–Crippen LogP) is 2.00. The van der Waals surface area contributed by atoms with Gasteiger partial charge in [0.15, 0.2) is 5.96 Å². The molecule has 88 valence electrons. The van der Waals surface area contributed by atoms with Gasteiger partial charge < -0.3 is 10.6 Å². The highest BCUT2D eigenvalue weighted by Gasteiger charge is 2.16. The van der Waals surface area contributed by atoms with E-state index in [1.807, 2.05) is 6.92 Å². The van der Waals surface area contributed by atoms with Crippen molar-refractivity contribution in [1.82, 2.24) is 4.90 Å². The number of nitrogens with two attached hydrogens (primary N) is 1. The van der Waals surface area contributed by atoms with Crippen LogP contribution in [0.1, 0.15) is 18.1 Å². The van der Waals surface area contributed by atoms with Gasteiger partial charge in [0.05, 0.1) is 0 Å². The van der Waals surface area contributed by atoms with E-state index in [0.29, 0.717) is 5.96 Å². The number of nitrogens with zero attached hydrogens (tertiary/aromatic N) is 2. The van der Waals surface area contributed by atoms with Crippen molar-refractivity contribution in [2.75, 3.05) is 13.1 Å². The van der Waals surface area contributed by atoms with Crippen LogP contribution in [0, 0.1) is 0 Å². The zero-order chi connectivity index (χ0) is 10.7. The monoisotopic (exact) mass is 331 g/mol. The minimum absolute atomic E-state index is 0. The first kappa shape index (κ1) is 13.3. The number of aliphatic imine (C=N–C) groups is 1. The van der Waals surface area contributed by atoms with Crippen LogP contribution in [0.25, 0.3) is 0 Å². The highest BCUT2D eigenvalue weighted by Crippen LogP contribution is 2.17. The first-order valence-electron chi connectivity index (χ1n) is 5.43. The number of fused-ring (bicyclic) bond motifs is 1. The third kappa shape index (κ3) is 2.87. The van der Waals surface area contributed by atoms with Crippen molar-refractivity contribution in [1.29, 1.82) is 0 Å². The summed E-state index contributed by atoms with van der Waals surface area (Å²) in [5, 5.41) is 0. The second-order valence-electron chi connectivity index (χ2n) is 3.77. The summed E-state index contributed by atoms with van der Waals surface area (Å²) in [6.45, 7) is 4.63. The van der Waals surface area contributed by atoms with Crippen molar-refractivity contribution in [2.24, 2.45) is 10.7 Å². The van der Waals surface area contributed by atoms with Crippen LogP contribution in [0.15, 0.2) is 29.3 Å². The van der Waals surface area contributed by atoms with Gasteiger partial charge in [-0.05, 0) is 24.5 Å². The van der Waals surface area contributed by atoms with Gasteiger partial charge in [0, 0.05) is 19.6 Å². The molecule has 4 heteroatoms. The topological polar surface area (TPSA) is 41.6 Å². The zero-order valence-corrected chi connectivity index (χ0v) is 11.8. The van der Waals surface area contributed by atoms with E-state index in [4.69, 9.17) is 5.73 Å². The van der Waals surface area contributed by atoms with Gasteiger partial charge >= 0.3 is 0 Å². The van der Waals surface area contributed by atoms with Gasteiger partial charge in [-0.15, -0.1) is 24.0 Å². The van der Waals surface area contributed by atoms with Crippen molar-refractivity contribution >= 4 is 29.9 Å². The molecule has 16 heavy (non-hydrogen) atoms. The molecule has 1 aliphatic heterocycles. The Morgan fingerprint density at radius 3 is 2.75 bits per heavy atom. The summed E-state index contributed by atoms with van der Waals surface area (Å²) in [7, 11) is 0. The molecular formula is C12H18IN3. The fourth-order valence-electron chi connectivity index (χ4n) is 1.95. The van der Waals surface area contributed by atoms with E-state index in [9.17, 15) is 0 Å². The fraction of sp³-hybridized carbons (Fsp3) is 0.417. The van der Waals surface area contributed by atoms with Crippen molar-refractivity contribution in [3.05, 3.63) is 35.4 Å². The van der Waals surface area contributed by atoms with Gasteiger partial charge in [0.2, 0.25) is 0 Å². The average Bonchev–Trinajstić information content (AvgIpc) is 2.29. The molecule has 0 saturated carbocycles. The maximum absolute atomic E-state index is 5.89. The molecule has 2 N–H and O–H groups in total. The second-order valence-corrected chi connectivity index (χ2v) is 3.77. The van der Waals surface area contributed by atoms with E-state index < -0.39 is 0 Å². The molecule has 1 heterocycles. The molecule has 1 aromatic rings. The first-order valence-corrected chi connectivity index (χ1v) is 5.43. The lowest BCUT2D eigenvalue weighted by molar-refractivity contribution is 0.388. The van der Waals surface area contributed by atoms with E-state index in [2.05, 4.69) is 34.2 Å². The number of guanidine groups is 1. The number of hydrogen-bond acceptors (Lipinski definition) is 1. The van der Waals surface area contributed by atoms with Crippen LogP contribution in [-0.2, 0) is 13.0 Å². The van der Waals surface area contributed by atoms with Crippen LogP contribution >= 0.6 is 24.0 Å². The molecule has 0 unspecified atom stereocenters. The molecule has 2 rings (SSSR count). The normalized spacial score (nSPS) is 15.3. The predicted molar refractivity (Wildman–Crippen MR) is 78.1 cm³/mol. The maximum atomic E-state index is 5.89. The molecule has 0 radical (unpaired) electrons. The molecule has 0 saturated heterocycles. The molecule has 0 spiro atoms. The van der Waals surface area contributed by atoms with Gasteiger partial charge in [0.1, 0.15) is 0 Å². The standard InChI is InChI=1S/C12H17N3.HI/c1-2-14-12(13)15-8-7-10-5-3-4-6-11(10)9-15;/h3-6H,2,7-9H2,1H3,(H2,13,14);1H. The van der Waals surface area contributed by atoms with Crippen molar-refractivity contribution in [3.63, 3.8) is 0 Å². The van der Waals surface area contributed by atoms with Gasteiger partial charge in [-0.25, -0.2) is 0 Å². The molecule has 1 aromatic carbocycles. The Morgan fingerprint density at radius 2 is 2.06 bits per heavy atom. The number of hydrogen-bond donors (Lipinski definition) is 1. The number of benzene rings is 1. The van der Waals surface area contributed by atoms with Gasteiger partial charge in [-0.2, -0.15) is 0 Å². The quantitative estimate of drug-likeness (QED) is 0.486. The summed E-state index contributed by atoms with van der Waals surface area (Å²) >= 11 is 0. The minimum Gasteiger partial charge on any atom is -0.370 e. The highest BCUT2D eigenvalue weighted by atomic mass is 127. The van der Waals surface area contributed by atoms with E-state index >= 15 is 0 Å². The molecule has 0 atom stereocenters. The van der Waals surface area contributed by atoms with Gasteiger partial charge in [-0.3, -0.25) is 4.99 Å². The Labute approximate surface area is 114 Å². The Morgan fingerprint density at radius 1 is 1.38 bits per heavy atom. The summed E-state index contributed by atoms with van der Waals surface area (Å²) in [6.07, 6.45) is 1.07.